The van der Waals surface area contributed by atoms with Gasteiger partial charge in [0.2, 0.25) is 5.91 Å². The predicted molar refractivity (Wildman–Crippen MR) is 92.2 cm³/mol. The number of aliphatic carboxylic acids is 1. The van der Waals surface area contributed by atoms with Crippen LogP contribution in [0.4, 0.5) is 0 Å². The highest BCUT2D eigenvalue weighted by atomic mass is 16.4. The summed E-state index contributed by atoms with van der Waals surface area (Å²) in [6.45, 7) is 4.65. The van der Waals surface area contributed by atoms with Gasteiger partial charge in [-0.3, -0.25) is 19.0 Å². The van der Waals surface area contributed by atoms with Crippen molar-refractivity contribution in [3.63, 3.8) is 0 Å². The zero-order chi connectivity index (χ0) is 18.1. The quantitative estimate of drug-likeness (QED) is 0.902. The van der Waals surface area contributed by atoms with Crippen molar-refractivity contribution in [2.24, 2.45) is 11.8 Å². The first-order valence-corrected chi connectivity index (χ1v) is 8.34. The number of aromatic nitrogens is 2. The molecule has 1 N–H and O–H groups in total. The van der Waals surface area contributed by atoms with Crippen LogP contribution in [0.25, 0.3) is 10.9 Å². The monoisotopic (exact) mass is 343 g/mol. The number of nitrogens with zero attached hydrogens (tertiary/aromatic N) is 3. The lowest BCUT2D eigenvalue weighted by Crippen LogP contribution is -2.32. The zero-order valence-corrected chi connectivity index (χ0v) is 14.3. The number of para-hydroxylation sites is 1. The molecule has 3 rings (SSSR count). The van der Waals surface area contributed by atoms with Crippen molar-refractivity contribution in [3.8, 4) is 0 Å². The third-order valence-electron chi connectivity index (χ3n) is 4.90. The zero-order valence-electron chi connectivity index (χ0n) is 14.3. The molecule has 1 aromatic heterocycles. The Morgan fingerprint density at radius 3 is 2.76 bits per heavy atom. The van der Waals surface area contributed by atoms with E-state index < -0.39 is 11.9 Å². The summed E-state index contributed by atoms with van der Waals surface area (Å²) < 4.78 is 1.44. The maximum atomic E-state index is 12.5. The molecule has 1 fully saturated rings. The summed E-state index contributed by atoms with van der Waals surface area (Å²) in [6, 6.07) is 5.44. The molecular formula is C18H21N3O4. The predicted octanol–water partition coefficient (Wildman–Crippen LogP) is 1.27. The van der Waals surface area contributed by atoms with Crippen LogP contribution in [0.15, 0.2) is 29.3 Å². The van der Waals surface area contributed by atoms with E-state index in [0.29, 0.717) is 17.4 Å². The lowest BCUT2D eigenvalue weighted by atomic mass is 9.99. The van der Waals surface area contributed by atoms with E-state index in [1.165, 1.54) is 10.9 Å². The highest BCUT2D eigenvalue weighted by Gasteiger charge is 2.36. The molecule has 2 atom stereocenters. The van der Waals surface area contributed by atoms with E-state index in [1.54, 1.807) is 11.0 Å². The molecule has 0 unspecified atom stereocenters. The second-order valence-corrected chi connectivity index (χ2v) is 6.68. The van der Waals surface area contributed by atoms with Crippen molar-refractivity contribution in [2.75, 3.05) is 13.1 Å². The summed E-state index contributed by atoms with van der Waals surface area (Å²) >= 11 is 0. The van der Waals surface area contributed by atoms with Gasteiger partial charge in [-0.15, -0.1) is 0 Å². The number of likely N-dealkylation sites (tertiary alicyclic amines) is 1. The molecule has 1 saturated heterocycles. The minimum Gasteiger partial charge on any atom is -0.481 e. The molecule has 1 amide bonds. The fourth-order valence-corrected chi connectivity index (χ4v) is 3.36. The molecule has 0 spiro atoms. The largest absolute Gasteiger partial charge is 0.481 e. The average Bonchev–Trinajstić information content (AvgIpc) is 2.97. The van der Waals surface area contributed by atoms with Gasteiger partial charge in [0, 0.05) is 26.1 Å². The van der Waals surface area contributed by atoms with Crippen LogP contribution in [0.5, 0.6) is 0 Å². The van der Waals surface area contributed by atoms with E-state index in [-0.39, 0.29) is 36.9 Å². The molecule has 25 heavy (non-hydrogen) atoms. The molecular weight excluding hydrogens is 322 g/mol. The van der Waals surface area contributed by atoms with Gasteiger partial charge in [-0.25, -0.2) is 4.98 Å². The van der Waals surface area contributed by atoms with Crippen LogP contribution in [0, 0.1) is 18.8 Å². The van der Waals surface area contributed by atoms with E-state index in [9.17, 15) is 14.4 Å². The number of hydrogen-bond donors (Lipinski definition) is 1. The first-order chi connectivity index (χ1) is 11.9. The molecule has 0 bridgehead atoms. The first-order valence-electron chi connectivity index (χ1n) is 8.34. The van der Waals surface area contributed by atoms with Gasteiger partial charge in [0.1, 0.15) is 0 Å². The second-order valence-electron chi connectivity index (χ2n) is 6.68. The van der Waals surface area contributed by atoms with E-state index in [2.05, 4.69) is 4.98 Å². The van der Waals surface area contributed by atoms with Crippen molar-refractivity contribution < 1.29 is 14.7 Å². The molecule has 1 aliphatic heterocycles. The molecule has 7 nitrogen and oxygen atoms in total. The molecule has 2 aromatic rings. The first kappa shape index (κ1) is 17.1. The lowest BCUT2D eigenvalue weighted by Gasteiger charge is -2.16. The second kappa shape index (κ2) is 6.66. The molecule has 7 heteroatoms. The summed E-state index contributed by atoms with van der Waals surface area (Å²) in [5.74, 6) is -1.58. The van der Waals surface area contributed by atoms with E-state index >= 15 is 0 Å². The minimum atomic E-state index is -0.867. The van der Waals surface area contributed by atoms with Crippen LogP contribution in [0.2, 0.25) is 0 Å². The third-order valence-corrected chi connectivity index (χ3v) is 4.90. The number of carbonyl (C=O) groups excluding carboxylic acids is 1. The number of fused-ring (bicyclic) bond motifs is 1. The van der Waals surface area contributed by atoms with Crippen molar-refractivity contribution >= 4 is 22.8 Å². The van der Waals surface area contributed by atoms with Crippen molar-refractivity contribution in [3.05, 3.63) is 40.4 Å². The van der Waals surface area contributed by atoms with E-state index in [0.717, 1.165) is 5.56 Å². The third kappa shape index (κ3) is 3.26. The maximum Gasteiger partial charge on any atom is 0.308 e. The molecule has 0 radical (unpaired) electrons. The number of benzene rings is 1. The van der Waals surface area contributed by atoms with Gasteiger partial charge in [-0.1, -0.05) is 19.1 Å². The number of amides is 1. The molecule has 1 aromatic carbocycles. The highest BCUT2D eigenvalue weighted by Crippen LogP contribution is 2.23. The molecule has 2 heterocycles. The Morgan fingerprint density at radius 2 is 2.08 bits per heavy atom. The number of rotatable bonds is 4. The summed E-state index contributed by atoms with van der Waals surface area (Å²) in [7, 11) is 0. The summed E-state index contributed by atoms with van der Waals surface area (Å²) in [5.41, 5.74) is 1.44. The summed E-state index contributed by atoms with van der Waals surface area (Å²) in [5, 5.41) is 9.70. The number of carboxylic acid groups (broad SMARTS) is 1. The van der Waals surface area contributed by atoms with Gasteiger partial charge >= 0.3 is 5.97 Å². The smallest absolute Gasteiger partial charge is 0.308 e. The molecule has 0 aliphatic carbocycles. The Kier molecular flexibility index (Phi) is 4.57. The normalized spacial score (nSPS) is 20.2. The Bertz CT molecular complexity index is 890. The Balaban J connectivity index is 1.71. The highest BCUT2D eigenvalue weighted by molar-refractivity contribution is 5.81. The number of hydrogen-bond acceptors (Lipinski definition) is 4. The maximum absolute atomic E-state index is 12.5. The van der Waals surface area contributed by atoms with Crippen LogP contribution in [-0.2, 0) is 16.1 Å². The van der Waals surface area contributed by atoms with Crippen LogP contribution in [0.1, 0.15) is 18.9 Å². The van der Waals surface area contributed by atoms with Crippen molar-refractivity contribution in [2.45, 2.75) is 26.8 Å². The fraction of sp³-hybridized carbons (Fsp3) is 0.444. The van der Waals surface area contributed by atoms with Gasteiger partial charge in [-0.05, 0) is 24.5 Å². The SMILES string of the molecule is Cc1cccc2c(=O)n(CCC(=O)N3C[C@@H](C)[C@H](C(=O)O)C3)cnc12. The van der Waals surface area contributed by atoms with Gasteiger partial charge in [0.25, 0.3) is 5.56 Å². The molecule has 0 saturated carbocycles. The average molecular weight is 343 g/mol. The van der Waals surface area contributed by atoms with E-state index in [1.807, 2.05) is 26.0 Å². The van der Waals surface area contributed by atoms with Crippen LogP contribution in [0.3, 0.4) is 0 Å². The fourth-order valence-electron chi connectivity index (χ4n) is 3.36. The van der Waals surface area contributed by atoms with Gasteiger partial charge in [0.05, 0.1) is 23.1 Å². The number of carboxylic acids is 1. The van der Waals surface area contributed by atoms with Gasteiger partial charge in [-0.2, -0.15) is 0 Å². The van der Waals surface area contributed by atoms with Crippen LogP contribution in [-0.4, -0.2) is 44.5 Å². The number of carbonyl (C=O) groups is 2. The van der Waals surface area contributed by atoms with Crippen LogP contribution < -0.4 is 5.56 Å². The lowest BCUT2D eigenvalue weighted by molar-refractivity contribution is -0.142. The van der Waals surface area contributed by atoms with Gasteiger partial charge < -0.3 is 10.0 Å². The Hall–Kier alpha value is -2.70. The van der Waals surface area contributed by atoms with Crippen LogP contribution >= 0.6 is 0 Å². The molecule has 132 valence electrons. The topological polar surface area (TPSA) is 92.5 Å². The molecule has 1 aliphatic rings. The number of aryl methyl sites for hydroxylation is 2. The van der Waals surface area contributed by atoms with Gasteiger partial charge in [0.15, 0.2) is 0 Å². The Labute approximate surface area is 144 Å². The minimum absolute atomic E-state index is 0.0607. The standard InChI is InChI=1S/C18H21N3O4/c1-11-4-3-5-13-16(11)19-10-20(17(13)23)7-6-15(22)21-8-12(2)14(9-21)18(24)25/h3-5,10,12,14H,6-9H2,1-2H3,(H,24,25)/t12-,14-/m1/s1. The Morgan fingerprint density at radius 1 is 1.32 bits per heavy atom. The summed E-state index contributed by atoms with van der Waals surface area (Å²) in [6.07, 6.45) is 1.62. The summed E-state index contributed by atoms with van der Waals surface area (Å²) in [4.78, 5) is 42.0. The van der Waals surface area contributed by atoms with E-state index in [4.69, 9.17) is 5.11 Å². The van der Waals surface area contributed by atoms with Crippen molar-refractivity contribution in [1.82, 2.24) is 14.5 Å². The van der Waals surface area contributed by atoms with Crippen molar-refractivity contribution in [1.29, 1.82) is 0 Å².